The number of carbonyl (C=O) groups is 1. The van der Waals surface area contributed by atoms with Crippen LogP contribution in [0.4, 0.5) is 0 Å². The maximum absolute atomic E-state index is 13.4. The first kappa shape index (κ1) is 20.4. The maximum atomic E-state index is 13.4. The number of fused-ring (bicyclic) bond motifs is 3. The van der Waals surface area contributed by atoms with Crippen LogP contribution in [0.3, 0.4) is 0 Å². The summed E-state index contributed by atoms with van der Waals surface area (Å²) in [5, 5.41) is 4.04. The van der Waals surface area contributed by atoms with Crippen molar-refractivity contribution in [1.29, 1.82) is 0 Å². The van der Waals surface area contributed by atoms with E-state index in [1.165, 1.54) is 22.2 Å². The third kappa shape index (κ3) is 4.24. The van der Waals surface area contributed by atoms with Gasteiger partial charge in [0.1, 0.15) is 4.83 Å². The molecule has 1 N–H and O–H groups in total. The Morgan fingerprint density at radius 1 is 1.41 bits per heavy atom. The number of rotatable bonds is 6. The molecular weight excluding hydrogens is 378 g/mol. The summed E-state index contributed by atoms with van der Waals surface area (Å²) in [5.41, 5.74) is 1.28. The van der Waals surface area contributed by atoms with Gasteiger partial charge in [-0.3, -0.25) is 14.2 Å². The van der Waals surface area contributed by atoms with Crippen molar-refractivity contribution in [2.75, 3.05) is 6.54 Å². The van der Waals surface area contributed by atoms with Crippen molar-refractivity contribution in [3.05, 3.63) is 20.8 Å². The number of hydrogen-bond donors (Lipinski definition) is 1. The number of aryl methyl sites for hydroxylation is 1. The Morgan fingerprint density at radius 3 is 2.81 bits per heavy atom. The summed E-state index contributed by atoms with van der Waals surface area (Å²) in [6, 6.07) is 0. The summed E-state index contributed by atoms with van der Waals surface area (Å²) in [7, 11) is 0. The Labute approximate surface area is 169 Å². The standard InChI is InChI=1S/C20H29N3O2S2/c1-6-21-17(24)13(5)26-20-22-18-16(19(25)23(20)10-11(2)3)14-8-7-12(4)9-15(14)27-18/h11-13H,6-10H2,1-5H3,(H,21,24)/t12-,13-/m1/s1. The molecule has 1 aliphatic carbocycles. The molecule has 0 aliphatic heterocycles. The summed E-state index contributed by atoms with van der Waals surface area (Å²) in [4.78, 5) is 32.6. The molecule has 0 spiro atoms. The van der Waals surface area contributed by atoms with Gasteiger partial charge in [-0.1, -0.05) is 32.5 Å². The molecule has 7 heteroatoms. The van der Waals surface area contributed by atoms with E-state index in [9.17, 15) is 9.59 Å². The van der Waals surface area contributed by atoms with Gasteiger partial charge in [0, 0.05) is 18.0 Å². The van der Waals surface area contributed by atoms with E-state index in [2.05, 4.69) is 26.1 Å². The van der Waals surface area contributed by atoms with Gasteiger partial charge in [-0.2, -0.15) is 0 Å². The van der Waals surface area contributed by atoms with Crippen LogP contribution in [0.1, 0.15) is 51.5 Å². The van der Waals surface area contributed by atoms with Gasteiger partial charge in [0.15, 0.2) is 5.16 Å². The highest BCUT2D eigenvalue weighted by molar-refractivity contribution is 8.00. The van der Waals surface area contributed by atoms with Gasteiger partial charge in [-0.25, -0.2) is 4.98 Å². The molecule has 2 atom stereocenters. The predicted octanol–water partition coefficient (Wildman–Crippen LogP) is 3.86. The number of thioether (sulfide) groups is 1. The van der Waals surface area contributed by atoms with Crippen molar-refractivity contribution in [3.63, 3.8) is 0 Å². The van der Waals surface area contributed by atoms with Crippen molar-refractivity contribution in [2.45, 2.75) is 70.8 Å². The molecule has 0 saturated carbocycles. The highest BCUT2D eigenvalue weighted by Gasteiger charge is 2.26. The van der Waals surface area contributed by atoms with E-state index in [-0.39, 0.29) is 16.7 Å². The van der Waals surface area contributed by atoms with E-state index >= 15 is 0 Å². The van der Waals surface area contributed by atoms with E-state index in [1.807, 2.05) is 13.8 Å². The average Bonchev–Trinajstić information content (AvgIpc) is 2.95. The monoisotopic (exact) mass is 407 g/mol. The molecule has 5 nitrogen and oxygen atoms in total. The van der Waals surface area contributed by atoms with Gasteiger partial charge in [0.2, 0.25) is 5.91 Å². The second kappa shape index (κ2) is 8.35. The van der Waals surface area contributed by atoms with Crippen LogP contribution in [0.5, 0.6) is 0 Å². The van der Waals surface area contributed by atoms with Crippen molar-refractivity contribution < 1.29 is 4.79 Å². The molecular formula is C20H29N3O2S2. The highest BCUT2D eigenvalue weighted by atomic mass is 32.2. The van der Waals surface area contributed by atoms with E-state index in [0.29, 0.717) is 30.1 Å². The molecule has 148 valence electrons. The minimum atomic E-state index is -0.290. The fourth-order valence-electron chi connectivity index (χ4n) is 3.55. The Balaban J connectivity index is 2.09. The lowest BCUT2D eigenvalue weighted by Crippen LogP contribution is -2.32. The predicted molar refractivity (Wildman–Crippen MR) is 114 cm³/mol. The minimum Gasteiger partial charge on any atom is -0.355 e. The largest absolute Gasteiger partial charge is 0.355 e. The van der Waals surface area contributed by atoms with Crippen LogP contribution < -0.4 is 10.9 Å². The van der Waals surface area contributed by atoms with Gasteiger partial charge >= 0.3 is 0 Å². The van der Waals surface area contributed by atoms with Crippen LogP contribution in [0, 0.1) is 11.8 Å². The lowest BCUT2D eigenvalue weighted by atomic mass is 9.89. The molecule has 0 aromatic carbocycles. The smallest absolute Gasteiger partial charge is 0.263 e. The van der Waals surface area contributed by atoms with Crippen LogP contribution in [-0.2, 0) is 24.2 Å². The molecule has 2 aromatic rings. The van der Waals surface area contributed by atoms with Gasteiger partial charge in [-0.15, -0.1) is 11.3 Å². The van der Waals surface area contributed by atoms with Crippen LogP contribution in [0.25, 0.3) is 10.2 Å². The first-order valence-corrected chi connectivity index (χ1v) is 11.5. The zero-order chi connectivity index (χ0) is 19.7. The van der Waals surface area contributed by atoms with E-state index in [4.69, 9.17) is 4.98 Å². The Kier molecular flexibility index (Phi) is 6.31. The second-order valence-corrected chi connectivity index (χ2v) is 10.3. The summed E-state index contributed by atoms with van der Waals surface area (Å²) in [5.74, 6) is 0.970. The number of thiophene rings is 1. The molecule has 0 fully saturated rings. The molecule has 2 aromatic heterocycles. The fraction of sp³-hybridized carbons (Fsp3) is 0.650. The number of aromatic nitrogens is 2. The first-order valence-electron chi connectivity index (χ1n) is 9.81. The van der Waals surface area contributed by atoms with Gasteiger partial charge < -0.3 is 5.32 Å². The van der Waals surface area contributed by atoms with Crippen molar-refractivity contribution in [2.24, 2.45) is 11.8 Å². The van der Waals surface area contributed by atoms with E-state index in [1.54, 1.807) is 15.9 Å². The highest BCUT2D eigenvalue weighted by Crippen LogP contribution is 2.37. The summed E-state index contributed by atoms with van der Waals surface area (Å²) < 4.78 is 1.79. The Bertz CT molecular complexity index is 901. The minimum absolute atomic E-state index is 0.0211. The lowest BCUT2D eigenvalue weighted by molar-refractivity contribution is -0.120. The number of amides is 1. The van der Waals surface area contributed by atoms with Gasteiger partial charge in [0.05, 0.1) is 10.6 Å². The quantitative estimate of drug-likeness (QED) is 0.583. The van der Waals surface area contributed by atoms with Gasteiger partial charge in [-0.05, 0) is 50.5 Å². The molecule has 1 aliphatic rings. The zero-order valence-electron chi connectivity index (χ0n) is 16.8. The molecule has 3 rings (SSSR count). The second-order valence-electron chi connectivity index (χ2n) is 7.89. The van der Waals surface area contributed by atoms with Gasteiger partial charge in [0.25, 0.3) is 5.56 Å². The molecule has 27 heavy (non-hydrogen) atoms. The van der Waals surface area contributed by atoms with Crippen molar-refractivity contribution in [3.8, 4) is 0 Å². The third-order valence-electron chi connectivity index (χ3n) is 4.93. The summed E-state index contributed by atoms with van der Waals surface area (Å²) in [6.07, 6.45) is 3.14. The van der Waals surface area contributed by atoms with E-state index < -0.39 is 0 Å². The van der Waals surface area contributed by atoms with Crippen molar-refractivity contribution >= 4 is 39.2 Å². The van der Waals surface area contributed by atoms with Crippen molar-refractivity contribution in [1.82, 2.24) is 14.9 Å². The number of hydrogen-bond acceptors (Lipinski definition) is 5. The topological polar surface area (TPSA) is 64.0 Å². The number of nitrogens with zero attached hydrogens (tertiary/aromatic N) is 2. The van der Waals surface area contributed by atoms with E-state index in [0.717, 1.165) is 29.5 Å². The summed E-state index contributed by atoms with van der Waals surface area (Å²) in [6.45, 7) is 11.5. The molecule has 0 unspecified atom stereocenters. The van der Waals surface area contributed by atoms with Crippen LogP contribution in [0.2, 0.25) is 0 Å². The Morgan fingerprint density at radius 2 is 2.15 bits per heavy atom. The molecule has 2 heterocycles. The van der Waals surface area contributed by atoms with Crippen LogP contribution >= 0.6 is 23.1 Å². The molecule has 0 radical (unpaired) electrons. The SMILES string of the molecule is CCNC(=O)[C@@H](C)Sc1nc2sc3c(c2c(=O)n1CC(C)C)CC[C@@H](C)C3. The van der Waals surface area contributed by atoms with Crippen LogP contribution in [0.15, 0.2) is 9.95 Å². The normalized spacial score (nSPS) is 17.9. The Hall–Kier alpha value is -1.34. The maximum Gasteiger partial charge on any atom is 0.263 e. The zero-order valence-corrected chi connectivity index (χ0v) is 18.4. The average molecular weight is 408 g/mol. The number of nitrogens with one attached hydrogen (secondary N) is 1. The van der Waals surface area contributed by atoms with Crippen LogP contribution in [-0.4, -0.2) is 27.3 Å². The number of carbonyl (C=O) groups excluding carboxylic acids is 1. The third-order valence-corrected chi connectivity index (χ3v) is 7.17. The fourth-order valence-corrected chi connectivity index (χ4v) is 5.92. The summed E-state index contributed by atoms with van der Waals surface area (Å²) >= 11 is 3.05. The lowest BCUT2D eigenvalue weighted by Gasteiger charge is -2.18. The first-order chi connectivity index (χ1) is 12.8. The molecule has 0 saturated heterocycles. The molecule has 0 bridgehead atoms. The molecule has 1 amide bonds.